The molecule has 0 fully saturated rings. The molecule has 2 aromatic rings. The predicted octanol–water partition coefficient (Wildman–Crippen LogP) is 1.81. The minimum absolute atomic E-state index is 0.0251. The number of amides is 2. The highest BCUT2D eigenvalue weighted by molar-refractivity contribution is 6.21. The molecule has 0 spiro atoms. The number of imide groups is 1. The van der Waals surface area contributed by atoms with Crippen LogP contribution in [0.5, 0.6) is 0 Å². The lowest BCUT2D eigenvalue weighted by Gasteiger charge is -2.14. The molecule has 0 aliphatic carbocycles. The molecule has 1 aliphatic heterocycles. The summed E-state index contributed by atoms with van der Waals surface area (Å²) in [6.45, 7) is 0. The summed E-state index contributed by atoms with van der Waals surface area (Å²) in [7, 11) is 0. The van der Waals surface area contributed by atoms with Crippen molar-refractivity contribution in [1.82, 2.24) is 5.32 Å². The third-order valence-electron chi connectivity index (χ3n) is 3.43. The quantitative estimate of drug-likeness (QED) is 0.513. The molecular weight excluding hydrogens is 320 g/mol. The molecule has 0 aromatic heterocycles. The minimum Gasteiger partial charge on any atom is -0.288 e. The van der Waals surface area contributed by atoms with Crippen molar-refractivity contribution in [2.45, 2.75) is 0 Å². The summed E-state index contributed by atoms with van der Waals surface area (Å²) in [4.78, 5) is 45.1. The fourth-order valence-electron chi connectivity index (χ4n) is 2.41. The van der Waals surface area contributed by atoms with Crippen LogP contribution >= 0.6 is 0 Å². The molecule has 0 saturated heterocycles. The summed E-state index contributed by atoms with van der Waals surface area (Å²) in [5.41, 5.74) is -0.747. The number of para-hydroxylation sites is 2. The number of nitro groups is 2. The number of hydrazine groups is 1. The first-order valence-corrected chi connectivity index (χ1v) is 6.57. The van der Waals surface area contributed by atoms with E-state index in [1.165, 1.54) is 30.3 Å². The SMILES string of the molecule is O=C1NC(=O)c2cc(N(c3ccccc3[N+](=O)[O-])[N+](=O)[O-])ccc21. The fraction of sp³-hybridized carbons (Fsp3) is 0. The van der Waals surface area contributed by atoms with Crippen LogP contribution in [0.2, 0.25) is 0 Å². The van der Waals surface area contributed by atoms with Crippen molar-refractivity contribution in [3.05, 3.63) is 73.8 Å². The Balaban J connectivity index is 2.17. The van der Waals surface area contributed by atoms with Gasteiger partial charge in [-0.1, -0.05) is 17.1 Å². The molecule has 120 valence electrons. The van der Waals surface area contributed by atoms with Crippen molar-refractivity contribution >= 4 is 28.9 Å². The normalized spacial score (nSPS) is 12.5. The van der Waals surface area contributed by atoms with Gasteiger partial charge in [-0.2, -0.15) is 0 Å². The van der Waals surface area contributed by atoms with Crippen molar-refractivity contribution in [2.24, 2.45) is 0 Å². The van der Waals surface area contributed by atoms with Crippen LogP contribution < -0.4 is 10.3 Å². The van der Waals surface area contributed by atoms with Gasteiger partial charge >= 0.3 is 0 Å². The predicted molar refractivity (Wildman–Crippen MR) is 80.5 cm³/mol. The summed E-state index contributed by atoms with van der Waals surface area (Å²) >= 11 is 0. The van der Waals surface area contributed by atoms with Crippen LogP contribution in [-0.2, 0) is 0 Å². The van der Waals surface area contributed by atoms with Crippen molar-refractivity contribution < 1.29 is 19.5 Å². The second-order valence-electron chi connectivity index (χ2n) is 4.81. The first-order chi connectivity index (χ1) is 11.4. The van der Waals surface area contributed by atoms with Crippen LogP contribution in [0.4, 0.5) is 17.1 Å². The second-order valence-corrected chi connectivity index (χ2v) is 4.81. The highest BCUT2D eigenvalue weighted by Gasteiger charge is 2.32. The van der Waals surface area contributed by atoms with Gasteiger partial charge in [0.25, 0.3) is 17.5 Å². The second kappa shape index (κ2) is 5.43. The molecule has 3 rings (SSSR count). The molecule has 1 N–H and O–H groups in total. The van der Waals surface area contributed by atoms with E-state index >= 15 is 0 Å². The zero-order chi connectivity index (χ0) is 17.4. The van der Waals surface area contributed by atoms with Gasteiger partial charge in [-0.05, 0) is 24.3 Å². The molecule has 0 saturated carbocycles. The van der Waals surface area contributed by atoms with Gasteiger partial charge in [-0.25, -0.2) is 10.1 Å². The number of rotatable bonds is 4. The number of nitro benzene ring substituents is 1. The summed E-state index contributed by atoms with van der Waals surface area (Å²) in [5, 5.41) is 24.3. The number of benzene rings is 2. The first kappa shape index (κ1) is 15.1. The Morgan fingerprint density at radius 3 is 2.25 bits per heavy atom. The highest BCUT2D eigenvalue weighted by atomic mass is 16.7. The lowest BCUT2D eigenvalue weighted by molar-refractivity contribution is -0.484. The third kappa shape index (κ3) is 2.31. The van der Waals surface area contributed by atoms with Crippen molar-refractivity contribution in [2.75, 3.05) is 5.01 Å². The van der Waals surface area contributed by atoms with Gasteiger partial charge in [0.1, 0.15) is 5.69 Å². The molecule has 10 nitrogen and oxygen atoms in total. The van der Waals surface area contributed by atoms with E-state index in [1.54, 1.807) is 0 Å². The van der Waals surface area contributed by atoms with Gasteiger partial charge in [0.15, 0.2) is 10.7 Å². The van der Waals surface area contributed by atoms with E-state index < -0.39 is 27.5 Å². The van der Waals surface area contributed by atoms with E-state index in [-0.39, 0.29) is 22.5 Å². The average Bonchev–Trinajstić information content (AvgIpc) is 2.82. The number of hydrogen-bond donors (Lipinski definition) is 1. The number of carbonyl (C=O) groups excluding carboxylic acids is 2. The number of carbonyl (C=O) groups is 2. The zero-order valence-electron chi connectivity index (χ0n) is 11.8. The lowest BCUT2D eigenvalue weighted by atomic mass is 10.1. The smallest absolute Gasteiger partial charge is 0.288 e. The molecule has 1 aliphatic rings. The van der Waals surface area contributed by atoms with Gasteiger partial charge < -0.3 is 0 Å². The molecule has 0 unspecified atom stereocenters. The van der Waals surface area contributed by atoms with E-state index in [1.807, 2.05) is 0 Å². The summed E-state index contributed by atoms with van der Waals surface area (Å²) in [6, 6.07) is 8.81. The Hall–Kier alpha value is -3.82. The molecule has 0 atom stereocenters. The Morgan fingerprint density at radius 1 is 0.917 bits per heavy atom. The molecule has 0 radical (unpaired) electrons. The zero-order valence-corrected chi connectivity index (χ0v) is 11.8. The lowest BCUT2D eigenvalue weighted by Crippen LogP contribution is -2.25. The van der Waals surface area contributed by atoms with Crippen molar-refractivity contribution in [3.63, 3.8) is 0 Å². The summed E-state index contributed by atoms with van der Waals surface area (Å²) in [5.74, 6) is -1.28. The fourth-order valence-corrected chi connectivity index (χ4v) is 2.41. The van der Waals surface area contributed by atoms with Crippen LogP contribution in [0.25, 0.3) is 0 Å². The van der Waals surface area contributed by atoms with Gasteiger partial charge in [0, 0.05) is 6.07 Å². The maximum atomic E-state index is 11.7. The largest absolute Gasteiger partial charge is 0.299 e. The summed E-state index contributed by atoms with van der Waals surface area (Å²) < 4.78 is 0. The maximum absolute atomic E-state index is 11.7. The summed E-state index contributed by atoms with van der Waals surface area (Å²) in [6.07, 6.45) is 0. The van der Waals surface area contributed by atoms with Gasteiger partial charge in [0.05, 0.1) is 16.1 Å². The first-order valence-electron chi connectivity index (χ1n) is 6.57. The standard InChI is InChI=1S/C14H8N4O6/c19-13-9-6-5-8(7-10(9)14(20)15-13)16(18(23)24)11-3-1-2-4-12(11)17(21)22/h1-7H,(H,15,19,20). The number of hydrogen-bond acceptors (Lipinski definition) is 6. The molecule has 2 aromatic carbocycles. The molecule has 1 heterocycles. The maximum Gasteiger partial charge on any atom is 0.299 e. The van der Waals surface area contributed by atoms with Gasteiger partial charge in [-0.3, -0.25) is 25.0 Å². The Kier molecular flexibility index (Phi) is 3.41. The monoisotopic (exact) mass is 328 g/mol. The van der Waals surface area contributed by atoms with Crippen LogP contribution in [0.15, 0.2) is 42.5 Å². The highest BCUT2D eigenvalue weighted by Crippen LogP contribution is 2.34. The van der Waals surface area contributed by atoms with Crippen LogP contribution in [0.1, 0.15) is 20.7 Å². The van der Waals surface area contributed by atoms with Crippen LogP contribution in [0, 0.1) is 20.2 Å². The van der Waals surface area contributed by atoms with E-state index in [0.29, 0.717) is 5.01 Å². The Bertz CT molecular complexity index is 910. The van der Waals surface area contributed by atoms with E-state index in [0.717, 1.165) is 12.1 Å². The molecule has 0 bridgehead atoms. The van der Waals surface area contributed by atoms with E-state index in [4.69, 9.17) is 0 Å². The van der Waals surface area contributed by atoms with Gasteiger partial charge in [0.2, 0.25) is 0 Å². The van der Waals surface area contributed by atoms with Crippen molar-refractivity contribution in [3.8, 4) is 0 Å². The number of anilines is 2. The van der Waals surface area contributed by atoms with Crippen molar-refractivity contribution in [1.29, 1.82) is 0 Å². The molecule has 2 amide bonds. The van der Waals surface area contributed by atoms with E-state index in [9.17, 15) is 29.8 Å². The Morgan fingerprint density at radius 2 is 1.58 bits per heavy atom. The van der Waals surface area contributed by atoms with Gasteiger partial charge in [-0.15, -0.1) is 0 Å². The topological polar surface area (TPSA) is 136 Å². The molecular formula is C14H8N4O6. The molecule has 24 heavy (non-hydrogen) atoms. The van der Waals surface area contributed by atoms with Crippen LogP contribution in [0.3, 0.4) is 0 Å². The Labute approximate surface area is 133 Å². The number of nitrogens with one attached hydrogen (secondary N) is 1. The average molecular weight is 328 g/mol. The third-order valence-corrected chi connectivity index (χ3v) is 3.43. The van der Waals surface area contributed by atoms with E-state index in [2.05, 4.69) is 5.32 Å². The molecule has 10 heteroatoms. The number of nitrogens with zero attached hydrogens (tertiary/aromatic N) is 3. The minimum atomic E-state index is -0.835. The van der Waals surface area contributed by atoms with Crippen LogP contribution in [-0.4, -0.2) is 21.8 Å². The number of fused-ring (bicyclic) bond motifs is 1.